The molecule has 90 valence electrons. The first kappa shape index (κ1) is 12.4. The minimum atomic E-state index is -0.0387. The minimum Gasteiger partial charge on any atom is -0.355 e. The van der Waals surface area contributed by atoms with Crippen LogP contribution in [0, 0.1) is 0 Å². The number of fused-ring (bicyclic) bond motifs is 1. The number of halogens is 1. The van der Waals surface area contributed by atoms with Gasteiger partial charge in [-0.3, -0.25) is 9.20 Å². The number of amides is 1. The molecule has 2 aromatic rings. The fraction of sp³-hybridized carbons (Fsp3) is 0.273. The number of nitrogens with zero attached hydrogens (tertiary/aromatic N) is 2. The van der Waals surface area contributed by atoms with E-state index in [-0.39, 0.29) is 12.3 Å². The Bertz CT molecular complexity index is 540. The maximum atomic E-state index is 11.6. The third-order valence-corrected chi connectivity index (χ3v) is 3.36. The number of carbonyl (C=O) groups is 1. The van der Waals surface area contributed by atoms with Crippen molar-refractivity contribution in [3.8, 4) is 0 Å². The number of rotatable bonds is 4. The van der Waals surface area contributed by atoms with E-state index in [1.54, 1.807) is 0 Å². The van der Waals surface area contributed by atoms with Crippen molar-refractivity contribution in [1.82, 2.24) is 14.7 Å². The van der Waals surface area contributed by atoms with Gasteiger partial charge in [0.2, 0.25) is 5.91 Å². The van der Waals surface area contributed by atoms with E-state index >= 15 is 0 Å². The van der Waals surface area contributed by atoms with Gasteiger partial charge in [0.05, 0.1) is 12.1 Å². The molecule has 6 heteroatoms. The smallest absolute Gasteiger partial charge is 0.226 e. The van der Waals surface area contributed by atoms with Crippen molar-refractivity contribution in [2.75, 3.05) is 12.3 Å². The number of imidazole rings is 1. The molecule has 0 bridgehead atoms. The summed E-state index contributed by atoms with van der Waals surface area (Å²) >= 11 is 7.49. The predicted molar refractivity (Wildman–Crippen MR) is 73.5 cm³/mol. The molecule has 0 atom stereocenters. The summed E-state index contributed by atoms with van der Waals surface area (Å²) in [5.41, 5.74) is 1.57. The van der Waals surface area contributed by atoms with Crippen molar-refractivity contribution >= 4 is 40.1 Å². The van der Waals surface area contributed by atoms with Crippen LogP contribution >= 0.6 is 28.6 Å². The van der Waals surface area contributed by atoms with Gasteiger partial charge in [0.25, 0.3) is 0 Å². The number of pyridine rings is 1. The number of hydrogen-bond acceptors (Lipinski definition) is 3. The number of thiol groups is 1. The van der Waals surface area contributed by atoms with E-state index in [0.29, 0.717) is 12.3 Å². The Hall–Kier alpha value is -1.01. The average molecular weight is 314 g/mol. The predicted octanol–water partition coefficient (Wildman–Crippen LogP) is 1.69. The summed E-state index contributed by atoms with van der Waals surface area (Å²) in [5, 5.41) is 2.77. The van der Waals surface area contributed by atoms with Gasteiger partial charge in [0.15, 0.2) is 0 Å². The van der Waals surface area contributed by atoms with Crippen LogP contribution < -0.4 is 5.32 Å². The van der Waals surface area contributed by atoms with E-state index in [4.69, 9.17) is 0 Å². The van der Waals surface area contributed by atoms with Crippen LogP contribution in [-0.2, 0) is 11.2 Å². The Balaban J connectivity index is 2.19. The molecule has 2 aromatic heterocycles. The molecule has 0 aromatic carbocycles. The molecule has 1 amide bonds. The van der Waals surface area contributed by atoms with Gasteiger partial charge >= 0.3 is 0 Å². The molecule has 0 fully saturated rings. The zero-order valence-electron chi connectivity index (χ0n) is 9.06. The van der Waals surface area contributed by atoms with Crippen LogP contribution in [0.15, 0.2) is 29.0 Å². The lowest BCUT2D eigenvalue weighted by Crippen LogP contribution is -2.27. The first-order chi connectivity index (χ1) is 8.22. The van der Waals surface area contributed by atoms with Crippen LogP contribution in [0.4, 0.5) is 0 Å². The zero-order chi connectivity index (χ0) is 12.3. The second-order valence-corrected chi connectivity index (χ2v) is 4.73. The van der Waals surface area contributed by atoms with Crippen LogP contribution in [0.5, 0.6) is 0 Å². The number of carbonyl (C=O) groups excluding carboxylic acids is 1. The van der Waals surface area contributed by atoms with Gasteiger partial charge in [0, 0.05) is 18.5 Å². The van der Waals surface area contributed by atoms with Gasteiger partial charge in [-0.25, -0.2) is 4.98 Å². The molecule has 2 heterocycles. The lowest BCUT2D eigenvalue weighted by molar-refractivity contribution is -0.120. The minimum absolute atomic E-state index is 0.0387. The maximum Gasteiger partial charge on any atom is 0.226 e. The molecule has 0 radical (unpaired) electrons. The molecule has 4 nitrogen and oxygen atoms in total. The molecule has 0 unspecified atom stereocenters. The third kappa shape index (κ3) is 2.81. The first-order valence-electron chi connectivity index (χ1n) is 5.21. The molecule has 0 saturated carbocycles. The zero-order valence-corrected chi connectivity index (χ0v) is 11.5. The topological polar surface area (TPSA) is 46.4 Å². The third-order valence-electron chi connectivity index (χ3n) is 2.30. The highest BCUT2D eigenvalue weighted by atomic mass is 79.9. The average Bonchev–Trinajstić information content (AvgIpc) is 2.64. The summed E-state index contributed by atoms with van der Waals surface area (Å²) in [6.45, 7) is 0.576. The quantitative estimate of drug-likeness (QED) is 0.844. The Labute approximate surface area is 113 Å². The Morgan fingerprint density at radius 3 is 3.06 bits per heavy atom. The van der Waals surface area contributed by atoms with Gasteiger partial charge in [-0.1, -0.05) is 6.07 Å². The second kappa shape index (κ2) is 5.55. The molecular weight excluding hydrogens is 302 g/mol. The summed E-state index contributed by atoms with van der Waals surface area (Å²) in [7, 11) is 0. The molecule has 0 saturated heterocycles. The summed E-state index contributed by atoms with van der Waals surface area (Å²) in [6.07, 6.45) is 2.18. The Kier molecular flexibility index (Phi) is 4.06. The van der Waals surface area contributed by atoms with E-state index < -0.39 is 0 Å². The highest BCUT2D eigenvalue weighted by Crippen LogP contribution is 2.19. The maximum absolute atomic E-state index is 11.6. The Morgan fingerprint density at radius 2 is 2.35 bits per heavy atom. The van der Waals surface area contributed by atoms with E-state index in [2.05, 4.69) is 38.9 Å². The van der Waals surface area contributed by atoms with E-state index in [9.17, 15) is 4.79 Å². The van der Waals surface area contributed by atoms with Crippen molar-refractivity contribution in [3.63, 3.8) is 0 Å². The van der Waals surface area contributed by atoms with Crippen LogP contribution in [0.2, 0.25) is 0 Å². The number of hydrogen-bond donors (Lipinski definition) is 2. The van der Waals surface area contributed by atoms with Crippen LogP contribution in [0.25, 0.3) is 5.65 Å². The highest BCUT2D eigenvalue weighted by molar-refractivity contribution is 9.10. The van der Waals surface area contributed by atoms with Crippen LogP contribution in [0.3, 0.4) is 0 Å². The largest absolute Gasteiger partial charge is 0.355 e. The second-order valence-electron chi connectivity index (χ2n) is 3.53. The van der Waals surface area contributed by atoms with E-state index in [1.165, 1.54) is 0 Å². The highest BCUT2D eigenvalue weighted by Gasteiger charge is 2.12. The molecule has 0 spiro atoms. The normalized spacial score (nSPS) is 10.7. The molecule has 0 aliphatic carbocycles. The van der Waals surface area contributed by atoms with Crippen molar-refractivity contribution in [2.24, 2.45) is 0 Å². The molecule has 2 rings (SSSR count). The van der Waals surface area contributed by atoms with Crippen LogP contribution in [-0.4, -0.2) is 27.6 Å². The molecule has 0 aliphatic rings. The molecule has 1 N–H and O–H groups in total. The molecule has 17 heavy (non-hydrogen) atoms. The SMILES string of the molecule is O=C(Cc1nc2ccccn2c1Br)NCCS. The van der Waals surface area contributed by atoms with Crippen molar-refractivity contribution in [2.45, 2.75) is 6.42 Å². The van der Waals surface area contributed by atoms with Crippen molar-refractivity contribution in [1.29, 1.82) is 0 Å². The van der Waals surface area contributed by atoms with Gasteiger partial charge in [-0.05, 0) is 28.1 Å². The molecular formula is C11H12BrN3OS. The fourth-order valence-electron chi connectivity index (χ4n) is 1.54. The fourth-order valence-corrected chi connectivity index (χ4v) is 2.18. The van der Waals surface area contributed by atoms with Gasteiger partial charge in [-0.2, -0.15) is 12.6 Å². The monoisotopic (exact) mass is 313 g/mol. The van der Waals surface area contributed by atoms with Crippen molar-refractivity contribution < 1.29 is 4.79 Å². The lowest BCUT2D eigenvalue weighted by atomic mass is 10.3. The van der Waals surface area contributed by atoms with Crippen LogP contribution in [0.1, 0.15) is 5.69 Å². The first-order valence-corrected chi connectivity index (χ1v) is 6.64. The summed E-state index contributed by atoms with van der Waals surface area (Å²) in [4.78, 5) is 16.0. The number of nitrogens with one attached hydrogen (secondary N) is 1. The summed E-state index contributed by atoms with van der Waals surface area (Å²) < 4.78 is 2.73. The van der Waals surface area contributed by atoms with E-state index in [1.807, 2.05) is 28.8 Å². The van der Waals surface area contributed by atoms with Gasteiger partial charge in [-0.15, -0.1) is 0 Å². The molecule has 0 aliphatic heterocycles. The van der Waals surface area contributed by atoms with Gasteiger partial charge in [0.1, 0.15) is 10.3 Å². The van der Waals surface area contributed by atoms with E-state index in [0.717, 1.165) is 15.9 Å². The number of aromatic nitrogens is 2. The van der Waals surface area contributed by atoms with Crippen molar-refractivity contribution in [3.05, 3.63) is 34.7 Å². The lowest BCUT2D eigenvalue weighted by Gasteiger charge is -2.01. The summed E-state index contributed by atoms with van der Waals surface area (Å²) in [6, 6.07) is 5.74. The van der Waals surface area contributed by atoms with Gasteiger partial charge < -0.3 is 5.32 Å². The standard InChI is InChI=1S/C11H12BrN3OS/c12-11-8(7-10(16)13-4-6-17)14-9-3-1-2-5-15(9)11/h1-3,5,17H,4,6-7H2,(H,13,16). The Morgan fingerprint density at radius 1 is 1.53 bits per heavy atom. The summed E-state index contributed by atoms with van der Waals surface area (Å²) in [5.74, 6) is 0.598.